The van der Waals surface area contributed by atoms with E-state index in [0.717, 1.165) is 25.1 Å². The monoisotopic (exact) mass is 260 g/mol. The highest BCUT2D eigenvalue weighted by atomic mass is 16.5. The smallest absolute Gasteiger partial charge is 0.245 e. The van der Waals surface area contributed by atoms with Gasteiger partial charge in [-0.15, -0.1) is 0 Å². The lowest BCUT2D eigenvalue weighted by Gasteiger charge is -2.29. The van der Waals surface area contributed by atoms with E-state index in [0.29, 0.717) is 0 Å². The van der Waals surface area contributed by atoms with Crippen LogP contribution in [0.4, 0.5) is 5.69 Å². The lowest BCUT2D eigenvalue weighted by Crippen LogP contribution is -2.47. The summed E-state index contributed by atoms with van der Waals surface area (Å²) in [7, 11) is 1.89. The third kappa shape index (κ3) is 2.21. The maximum atomic E-state index is 12.6. The lowest BCUT2D eigenvalue weighted by molar-refractivity contribution is -0.133. The van der Waals surface area contributed by atoms with Gasteiger partial charge < -0.3 is 15.0 Å². The van der Waals surface area contributed by atoms with Gasteiger partial charge in [-0.1, -0.05) is 18.2 Å². The van der Waals surface area contributed by atoms with Crippen LogP contribution in [0.3, 0.4) is 0 Å². The molecule has 102 valence electrons. The molecule has 0 radical (unpaired) electrons. The molecule has 0 aromatic heterocycles. The van der Waals surface area contributed by atoms with E-state index in [2.05, 4.69) is 11.4 Å². The minimum Gasteiger partial charge on any atom is -0.376 e. The molecule has 2 heterocycles. The molecule has 0 spiro atoms. The molecule has 4 heteroatoms. The number of ether oxygens (including phenoxy) is 1. The van der Waals surface area contributed by atoms with Gasteiger partial charge >= 0.3 is 0 Å². The third-order valence-electron chi connectivity index (χ3n) is 4.25. The van der Waals surface area contributed by atoms with E-state index in [1.54, 1.807) is 0 Å². The first kappa shape index (κ1) is 12.5. The molecule has 3 rings (SSSR count). The largest absolute Gasteiger partial charge is 0.376 e. The predicted molar refractivity (Wildman–Crippen MR) is 74.1 cm³/mol. The number of fused-ring (bicyclic) bond motifs is 1. The van der Waals surface area contributed by atoms with Crippen molar-refractivity contribution in [3.63, 3.8) is 0 Å². The van der Waals surface area contributed by atoms with Gasteiger partial charge in [0.15, 0.2) is 0 Å². The van der Waals surface area contributed by atoms with E-state index in [9.17, 15) is 4.79 Å². The van der Waals surface area contributed by atoms with E-state index in [-0.39, 0.29) is 24.1 Å². The standard InChI is InChI=1S/C15H20N2O2/c1-10-14(7-8-19-10)17(2)15(18)13-9-11-5-3-4-6-12(11)16-13/h3-6,10,13-14,16H,7-9H2,1-2H3/t10?,13-,14?/m0/s1. The summed E-state index contributed by atoms with van der Waals surface area (Å²) in [5.74, 6) is 0.165. The Morgan fingerprint density at radius 2 is 2.21 bits per heavy atom. The van der Waals surface area contributed by atoms with E-state index >= 15 is 0 Å². The van der Waals surface area contributed by atoms with Crippen LogP contribution >= 0.6 is 0 Å². The van der Waals surface area contributed by atoms with E-state index < -0.39 is 0 Å². The zero-order chi connectivity index (χ0) is 13.4. The molecule has 2 unspecified atom stereocenters. The summed E-state index contributed by atoms with van der Waals surface area (Å²) in [5.41, 5.74) is 2.31. The fourth-order valence-corrected chi connectivity index (χ4v) is 3.09. The molecule has 3 atom stereocenters. The second-order valence-corrected chi connectivity index (χ2v) is 5.44. The normalized spacial score (nSPS) is 28.8. The first-order chi connectivity index (χ1) is 9.16. The van der Waals surface area contributed by atoms with Crippen LogP contribution in [0.5, 0.6) is 0 Å². The molecule has 1 fully saturated rings. The molecule has 0 bridgehead atoms. The highest BCUT2D eigenvalue weighted by molar-refractivity contribution is 5.87. The molecule has 2 aliphatic heterocycles. The average molecular weight is 260 g/mol. The van der Waals surface area contributed by atoms with Gasteiger partial charge in [-0.3, -0.25) is 4.79 Å². The van der Waals surface area contributed by atoms with Gasteiger partial charge in [0, 0.05) is 25.8 Å². The molecule has 1 N–H and O–H groups in total. The van der Waals surface area contributed by atoms with Crippen LogP contribution in [0.2, 0.25) is 0 Å². The molecular weight excluding hydrogens is 240 g/mol. The van der Waals surface area contributed by atoms with Gasteiger partial charge in [0.05, 0.1) is 12.1 Å². The second kappa shape index (κ2) is 4.85. The summed E-state index contributed by atoms with van der Waals surface area (Å²) in [6, 6.07) is 8.20. The number of nitrogens with zero attached hydrogens (tertiary/aromatic N) is 1. The lowest BCUT2D eigenvalue weighted by atomic mass is 10.1. The summed E-state index contributed by atoms with van der Waals surface area (Å²) in [6.45, 7) is 2.79. The van der Waals surface area contributed by atoms with Crippen LogP contribution < -0.4 is 5.32 Å². The number of amides is 1. The molecule has 19 heavy (non-hydrogen) atoms. The SMILES string of the molecule is CC1OCCC1N(C)C(=O)[C@@H]1Cc2ccccc2N1. The molecule has 1 amide bonds. The Morgan fingerprint density at radius 3 is 2.89 bits per heavy atom. The Kier molecular flexibility index (Phi) is 3.19. The van der Waals surface area contributed by atoms with Crippen molar-refractivity contribution in [3.8, 4) is 0 Å². The molecule has 1 saturated heterocycles. The van der Waals surface area contributed by atoms with Crippen molar-refractivity contribution >= 4 is 11.6 Å². The highest BCUT2D eigenvalue weighted by Gasteiger charge is 2.35. The number of para-hydroxylation sites is 1. The summed E-state index contributed by atoms with van der Waals surface area (Å²) in [5, 5.41) is 3.32. The number of likely N-dealkylation sites (N-methyl/N-ethyl adjacent to an activating group) is 1. The number of carbonyl (C=O) groups excluding carboxylic acids is 1. The van der Waals surface area contributed by atoms with Crippen LogP contribution in [0.1, 0.15) is 18.9 Å². The van der Waals surface area contributed by atoms with E-state index in [4.69, 9.17) is 4.74 Å². The van der Waals surface area contributed by atoms with Crippen LogP contribution in [0.15, 0.2) is 24.3 Å². The Labute approximate surface area is 113 Å². The third-order valence-corrected chi connectivity index (χ3v) is 4.25. The van der Waals surface area contributed by atoms with Crippen molar-refractivity contribution in [2.24, 2.45) is 0 Å². The quantitative estimate of drug-likeness (QED) is 0.879. The average Bonchev–Trinajstić information content (AvgIpc) is 3.02. The van der Waals surface area contributed by atoms with Crippen molar-refractivity contribution in [2.45, 2.75) is 38.0 Å². The zero-order valence-corrected chi connectivity index (χ0v) is 11.4. The van der Waals surface area contributed by atoms with Gasteiger partial charge in [0.1, 0.15) is 6.04 Å². The maximum Gasteiger partial charge on any atom is 0.245 e. The highest BCUT2D eigenvalue weighted by Crippen LogP contribution is 2.27. The summed E-state index contributed by atoms with van der Waals surface area (Å²) in [6.07, 6.45) is 1.85. The Balaban J connectivity index is 1.69. The van der Waals surface area contributed by atoms with E-state index in [1.807, 2.05) is 37.1 Å². The summed E-state index contributed by atoms with van der Waals surface area (Å²) >= 11 is 0. The number of nitrogens with one attached hydrogen (secondary N) is 1. The molecular formula is C15H20N2O2. The maximum absolute atomic E-state index is 12.6. The molecule has 0 saturated carbocycles. The summed E-state index contributed by atoms with van der Waals surface area (Å²) < 4.78 is 5.55. The van der Waals surface area contributed by atoms with Crippen LogP contribution in [0, 0.1) is 0 Å². The van der Waals surface area contributed by atoms with Gasteiger partial charge in [0.2, 0.25) is 5.91 Å². The Morgan fingerprint density at radius 1 is 1.42 bits per heavy atom. The first-order valence-corrected chi connectivity index (χ1v) is 6.89. The van der Waals surface area contributed by atoms with Crippen LogP contribution in [0.25, 0.3) is 0 Å². The topological polar surface area (TPSA) is 41.6 Å². The van der Waals surface area contributed by atoms with Gasteiger partial charge in [0.25, 0.3) is 0 Å². The Bertz CT molecular complexity index is 464. The van der Waals surface area contributed by atoms with Crippen molar-refractivity contribution in [1.82, 2.24) is 4.90 Å². The first-order valence-electron chi connectivity index (χ1n) is 6.89. The van der Waals surface area contributed by atoms with E-state index in [1.165, 1.54) is 5.56 Å². The van der Waals surface area contributed by atoms with Gasteiger partial charge in [-0.2, -0.15) is 0 Å². The van der Waals surface area contributed by atoms with Gasteiger partial charge in [-0.05, 0) is 25.0 Å². The number of carbonyl (C=O) groups is 1. The molecule has 1 aromatic carbocycles. The fourth-order valence-electron chi connectivity index (χ4n) is 3.09. The molecule has 1 aromatic rings. The predicted octanol–water partition coefficient (Wildman–Crippen LogP) is 1.66. The zero-order valence-electron chi connectivity index (χ0n) is 11.4. The molecule has 2 aliphatic rings. The number of benzene rings is 1. The van der Waals surface area contributed by atoms with Crippen molar-refractivity contribution in [3.05, 3.63) is 29.8 Å². The number of anilines is 1. The molecule has 4 nitrogen and oxygen atoms in total. The van der Waals surface area contributed by atoms with Crippen LogP contribution in [-0.4, -0.2) is 42.6 Å². The fraction of sp³-hybridized carbons (Fsp3) is 0.533. The van der Waals surface area contributed by atoms with Crippen LogP contribution in [-0.2, 0) is 16.0 Å². The number of hydrogen-bond acceptors (Lipinski definition) is 3. The minimum absolute atomic E-state index is 0.129. The number of hydrogen-bond donors (Lipinski definition) is 1. The molecule has 0 aliphatic carbocycles. The minimum atomic E-state index is -0.129. The van der Waals surface area contributed by atoms with Crippen molar-refractivity contribution in [2.75, 3.05) is 19.0 Å². The van der Waals surface area contributed by atoms with Crippen molar-refractivity contribution in [1.29, 1.82) is 0 Å². The second-order valence-electron chi connectivity index (χ2n) is 5.44. The Hall–Kier alpha value is -1.55. The summed E-state index contributed by atoms with van der Waals surface area (Å²) in [4.78, 5) is 14.4. The number of rotatable bonds is 2. The van der Waals surface area contributed by atoms with Crippen molar-refractivity contribution < 1.29 is 9.53 Å². The van der Waals surface area contributed by atoms with Gasteiger partial charge in [-0.25, -0.2) is 0 Å².